The molecule has 0 aliphatic carbocycles. The van der Waals surface area contributed by atoms with E-state index in [1.54, 1.807) is 18.2 Å². The third kappa shape index (κ3) is 3.51. The molecular weight excluding hydrogens is 300 g/mol. The molecule has 0 aromatic heterocycles. The van der Waals surface area contributed by atoms with Crippen LogP contribution >= 0.6 is 11.8 Å². The monoisotopic (exact) mass is 314 g/mol. The van der Waals surface area contributed by atoms with Crippen molar-refractivity contribution in [3.63, 3.8) is 0 Å². The van der Waals surface area contributed by atoms with Crippen LogP contribution in [-0.4, -0.2) is 31.9 Å². The number of anilines is 1. The Hall–Kier alpha value is -1.54. The van der Waals surface area contributed by atoms with Gasteiger partial charge in [0.05, 0.1) is 18.0 Å². The minimum atomic E-state index is -3.70. The maximum atomic E-state index is 11.9. The number of sulfonamides is 1. The summed E-state index contributed by atoms with van der Waals surface area (Å²) >= 11 is 1.01. The lowest BCUT2D eigenvalue weighted by atomic mass is 10.3. The molecule has 1 aromatic carbocycles. The van der Waals surface area contributed by atoms with E-state index in [9.17, 15) is 13.2 Å². The number of ether oxygens (including phenoxy) is 1. The minimum Gasteiger partial charge on any atom is -0.465 e. The molecule has 8 heteroatoms. The third-order valence-electron chi connectivity index (χ3n) is 2.40. The molecule has 0 saturated carbocycles. The Labute approximate surface area is 121 Å². The normalized spacial score (nSPS) is 15.8. The van der Waals surface area contributed by atoms with Crippen LogP contribution in [0.3, 0.4) is 0 Å². The predicted octanol–water partition coefficient (Wildman–Crippen LogP) is 1.84. The van der Waals surface area contributed by atoms with Gasteiger partial charge >= 0.3 is 5.97 Å². The predicted molar refractivity (Wildman–Crippen MR) is 78.4 cm³/mol. The fraction of sp³-hybridized carbons (Fsp3) is 0.333. The van der Waals surface area contributed by atoms with Gasteiger partial charge < -0.3 is 10.1 Å². The third-order valence-corrected chi connectivity index (χ3v) is 4.70. The van der Waals surface area contributed by atoms with E-state index < -0.39 is 16.0 Å². The highest BCUT2D eigenvalue weighted by atomic mass is 32.2. The van der Waals surface area contributed by atoms with Crippen LogP contribution in [-0.2, 0) is 19.6 Å². The van der Waals surface area contributed by atoms with Crippen LogP contribution in [0.1, 0.15) is 13.3 Å². The fourth-order valence-electron chi connectivity index (χ4n) is 1.54. The zero-order valence-electron chi connectivity index (χ0n) is 10.8. The number of fused-ring (bicyclic) bond motifs is 1. The molecule has 1 heterocycles. The van der Waals surface area contributed by atoms with Crippen molar-refractivity contribution in [3.05, 3.63) is 24.3 Å². The van der Waals surface area contributed by atoms with Crippen LogP contribution in [0.2, 0.25) is 0 Å². The molecule has 1 N–H and O–H groups in total. The number of nitrogens with zero attached hydrogens (tertiary/aromatic N) is 1. The zero-order chi connectivity index (χ0) is 14.6. The van der Waals surface area contributed by atoms with Crippen molar-refractivity contribution in [2.45, 2.75) is 18.2 Å². The van der Waals surface area contributed by atoms with E-state index in [1.165, 1.54) is 6.07 Å². The van der Waals surface area contributed by atoms with Gasteiger partial charge in [-0.25, -0.2) is 0 Å². The van der Waals surface area contributed by atoms with Gasteiger partial charge in [-0.1, -0.05) is 30.8 Å². The molecule has 0 bridgehead atoms. The van der Waals surface area contributed by atoms with Gasteiger partial charge in [0, 0.05) is 0 Å². The molecule has 1 aromatic rings. The van der Waals surface area contributed by atoms with E-state index in [0.717, 1.165) is 18.2 Å². The summed E-state index contributed by atoms with van der Waals surface area (Å²) in [7, 11) is -3.70. The van der Waals surface area contributed by atoms with Crippen LogP contribution in [0.15, 0.2) is 33.6 Å². The van der Waals surface area contributed by atoms with Gasteiger partial charge in [0.2, 0.25) is 0 Å². The van der Waals surface area contributed by atoms with E-state index in [1.807, 2.05) is 6.92 Å². The highest BCUT2D eigenvalue weighted by molar-refractivity contribution is 8.15. The van der Waals surface area contributed by atoms with Crippen LogP contribution in [0, 0.1) is 0 Å². The van der Waals surface area contributed by atoms with E-state index in [2.05, 4.69) is 9.71 Å². The second-order valence-electron chi connectivity index (χ2n) is 4.00. The molecule has 0 spiro atoms. The largest absolute Gasteiger partial charge is 0.465 e. The van der Waals surface area contributed by atoms with Gasteiger partial charge in [-0.15, -0.1) is 4.40 Å². The number of amidine groups is 1. The molecule has 2 rings (SSSR count). The van der Waals surface area contributed by atoms with Crippen LogP contribution < -0.4 is 5.32 Å². The number of hydrogen-bond donors (Lipinski definition) is 1. The lowest BCUT2D eigenvalue weighted by Gasteiger charge is -2.17. The number of benzene rings is 1. The minimum absolute atomic E-state index is 0.0174. The first-order chi connectivity index (χ1) is 9.53. The van der Waals surface area contributed by atoms with Gasteiger partial charge in [-0.3, -0.25) is 4.79 Å². The first-order valence-electron chi connectivity index (χ1n) is 6.02. The lowest BCUT2D eigenvalue weighted by Crippen LogP contribution is -2.20. The zero-order valence-corrected chi connectivity index (χ0v) is 12.5. The van der Waals surface area contributed by atoms with E-state index in [4.69, 9.17) is 4.74 Å². The van der Waals surface area contributed by atoms with Crippen molar-refractivity contribution in [1.29, 1.82) is 0 Å². The number of hydrogen-bond acceptors (Lipinski definition) is 6. The SMILES string of the molecule is CCCOC(=O)CSC1=NS(=O)(=O)c2ccccc2N1. The highest BCUT2D eigenvalue weighted by Gasteiger charge is 2.24. The number of nitrogens with one attached hydrogen (secondary N) is 1. The smallest absolute Gasteiger partial charge is 0.316 e. The Morgan fingerprint density at radius 3 is 2.90 bits per heavy atom. The van der Waals surface area contributed by atoms with Crippen LogP contribution in [0.4, 0.5) is 5.69 Å². The molecule has 108 valence electrons. The quantitative estimate of drug-likeness (QED) is 0.854. The Bertz CT molecular complexity index is 641. The van der Waals surface area contributed by atoms with Gasteiger partial charge in [0.1, 0.15) is 4.90 Å². The van der Waals surface area contributed by atoms with Gasteiger partial charge in [-0.05, 0) is 18.6 Å². The second kappa shape index (κ2) is 6.27. The number of carbonyl (C=O) groups excluding carboxylic acids is 1. The molecule has 0 radical (unpaired) electrons. The van der Waals surface area contributed by atoms with Gasteiger partial charge in [0.15, 0.2) is 5.17 Å². The van der Waals surface area contributed by atoms with Crippen LogP contribution in [0.5, 0.6) is 0 Å². The molecule has 0 saturated heterocycles. The Morgan fingerprint density at radius 1 is 1.40 bits per heavy atom. The first kappa shape index (κ1) is 14.9. The Kier molecular flexibility index (Phi) is 4.66. The van der Waals surface area contributed by atoms with E-state index >= 15 is 0 Å². The van der Waals surface area contributed by atoms with Crippen molar-refractivity contribution in [1.82, 2.24) is 0 Å². The molecule has 20 heavy (non-hydrogen) atoms. The van der Waals surface area contributed by atoms with E-state index in [-0.39, 0.29) is 15.8 Å². The molecule has 0 fully saturated rings. The summed E-state index contributed by atoms with van der Waals surface area (Å²) in [5, 5.41) is 3.07. The number of thioether (sulfide) groups is 1. The fourth-order valence-corrected chi connectivity index (χ4v) is 3.57. The summed E-state index contributed by atoms with van der Waals surface area (Å²) in [6.07, 6.45) is 0.747. The molecule has 0 unspecified atom stereocenters. The first-order valence-corrected chi connectivity index (χ1v) is 8.45. The topological polar surface area (TPSA) is 84.8 Å². The molecule has 1 aliphatic rings. The molecule has 1 aliphatic heterocycles. The molecule has 6 nitrogen and oxygen atoms in total. The van der Waals surface area contributed by atoms with Crippen molar-refractivity contribution in [3.8, 4) is 0 Å². The summed E-state index contributed by atoms with van der Waals surface area (Å²) in [5.41, 5.74) is 0.465. The van der Waals surface area contributed by atoms with Gasteiger partial charge in [0.25, 0.3) is 10.0 Å². The van der Waals surface area contributed by atoms with Crippen molar-refractivity contribution in [2.75, 3.05) is 17.7 Å². The summed E-state index contributed by atoms with van der Waals surface area (Å²) in [4.78, 5) is 11.5. The summed E-state index contributed by atoms with van der Waals surface area (Å²) < 4.78 is 32.4. The summed E-state index contributed by atoms with van der Waals surface area (Å²) in [6, 6.07) is 6.49. The summed E-state index contributed by atoms with van der Waals surface area (Å²) in [5.74, 6) is -0.374. The van der Waals surface area contributed by atoms with Gasteiger partial charge in [-0.2, -0.15) is 8.42 Å². The standard InChI is InChI=1S/C12H14N2O4S2/c1-2-7-18-11(15)8-19-12-13-9-5-3-4-6-10(9)20(16,17)14-12/h3-6H,2,7-8H2,1H3,(H,13,14). The number of rotatable bonds is 4. The van der Waals surface area contributed by atoms with Crippen molar-refractivity contribution in [2.24, 2.45) is 4.40 Å². The number of esters is 1. The maximum Gasteiger partial charge on any atom is 0.316 e. The Balaban J connectivity index is 2.05. The number of para-hydroxylation sites is 1. The van der Waals surface area contributed by atoms with Crippen molar-refractivity contribution < 1.29 is 17.9 Å². The van der Waals surface area contributed by atoms with Crippen molar-refractivity contribution >= 4 is 38.6 Å². The number of carbonyl (C=O) groups is 1. The highest BCUT2D eigenvalue weighted by Crippen LogP contribution is 2.28. The average Bonchev–Trinajstić information content (AvgIpc) is 2.42. The average molecular weight is 314 g/mol. The molecular formula is C12H14N2O4S2. The van der Waals surface area contributed by atoms with E-state index in [0.29, 0.717) is 12.3 Å². The molecule has 0 atom stereocenters. The van der Waals surface area contributed by atoms with Crippen LogP contribution in [0.25, 0.3) is 0 Å². The molecule has 0 amide bonds. The maximum absolute atomic E-state index is 11.9. The Morgan fingerprint density at radius 2 is 2.15 bits per heavy atom. The lowest BCUT2D eigenvalue weighted by molar-refractivity contribution is -0.140. The summed E-state index contributed by atoms with van der Waals surface area (Å²) in [6.45, 7) is 2.26. The second-order valence-corrected chi connectivity index (χ2v) is 6.54.